The summed E-state index contributed by atoms with van der Waals surface area (Å²) in [6.07, 6.45) is 7.16. The predicted molar refractivity (Wildman–Crippen MR) is 147 cm³/mol. The van der Waals surface area contributed by atoms with E-state index < -0.39 is 9.84 Å². The van der Waals surface area contributed by atoms with E-state index in [2.05, 4.69) is 29.2 Å². The van der Waals surface area contributed by atoms with E-state index in [1.807, 2.05) is 38.4 Å². The molecule has 7 heteroatoms. The number of nitrogens with zero attached hydrogens (tertiary/aromatic N) is 1. The van der Waals surface area contributed by atoms with Crippen LogP contribution in [0.3, 0.4) is 0 Å². The average molecular weight is 494 g/mol. The van der Waals surface area contributed by atoms with Crippen LogP contribution < -0.4 is 21.1 Å². The molecule has 0 unspecified atom stereocenters. The smallest absolute Gasteiger partial charge is 0.178 e. The second-order valence-corrected chi connectivity index (χ2v) is 10.9. The van der Waals surface area contributed by atoms with Crippen LogP contribution in [0.5, 0.6) is 5.75 Å². The Morgan fingerprint density at radius 3 is 2.03 bits per heavy atom. The van der Waals surface area contributed by atoms with Gasteiger partial charge in [0.1, 0.15) is 5.75 Å². The number of nitrogens with two attached hydrogens (primary N) is 2. The van der Waals surface area contributed by atoms with Crippen LogP contribution in [0.4, 0.5) is 17.1 Å². The number of sulfone groups is 1. The molecule has 0 atom stereocenters. The fourth-order valence-corrected chi connectivity index (χ4v) is 4.96. The molecule has 0 saturated heterocycles. The number of nitrogen functional groups attached to an aromatic ring is 2. The Bertz CT molecular complexity index is 1220. The molecule has 0 saturated carbocycles. The van der Waals surface area contributed by atoms with Crippen LogP contribution >= 0.6 is 0 Å². The van der Waals surface area contributed by atoms with E-state index in [4.69, 9.17) is 16.2 Å². The number of ether oxygens (including phenoxy) is 1. The highest BCUT2D eigenvalue weighted by Crippen LogP contribution is 2.24. The third kappa shape index (κ3) is 8.07. The molecule has 0 fully saturated rings. The van der Waals surface area contributed by atoms with Crippen molar-refractivity contribution in [3.8, 4) is 5.75 Å². The summed E-state index contributed by atoms with van der Waals surface area (Å²) in [5, 5.41) is 0. The van der Waals surface area contributed by atoms with Gasteiger partial charge >= 0.3 is 0 Å². The zero-order valence-electron chi connectivity index (χ0n) is 20.5. The molecule has 0 amide bonds. The monoisotopic (exact) mass is 493 g/mol. The maximum Gasteiger partial charge on any atom is 0.178 e. The van der Waals surface area contributed by atoms with E-state index in [0.29, 0.717) is 35.0 Å². The van der Waals surface area contributed by atoms with Crippen molar-refractivity contribution in [3.05, 3.63) is 77.9 Å². The molecule has 0 aliphatic carbocycles. The van der Waals surface area contributed by atoms with Gasteiger partial charge in [0.05, 0.1) is 22.9 Å². The Morgan fingerprint density at radius 2 is 1.40 bits per heavy atom. The zero-order valence-corrected chi connectivity index (χ0v) is 21.3. The van der Waals surface area contributed by atoms with Crippen molar-refractivity contribution in [2.75, 3.05) is 42.8 Å². The fraction of sp³-hybridized carbons (Fsp3) is 0.286. The molecule has 3 aromatic carbocycles. The van der Waals surface area contributed by atoms with E-state index in [1.165, 1.54) is 0 Å². The summed E-state index contributed by atoms with van der Waals surface area (Å²) in [6.45, 7) is 0.523. The molecule has 4 N–H and O–H groups in total. The lowest BCUT2D eigenvalue weighted by Crippen LogP contribution is -2.07. The molecule has 0 heterocycles. The number of hydrogen-bond acceptors (Lipinski definition) is 6. The van der Waals surface area contributed by atoms with Crippen LogP contribution in [0.1, 0.15) is 36.8 Å². The molecule has 3 rings (SSSR count). The molecular formula is C28H35N3O3S. The van der Waals surface area contributed by atoms with Crippen LogP contribution in [-0.4, -0.2) is 34.9 Å². The molecule has 186 valence electrons. The first-order chi connectivity index (χ1) is 16.7. The minimum atomic E-state index is -3.29. The molecule has 0 aliphatic rings. The topological polar surface area (TPSA) is 98.6 Å². The second kappa shape index (κ2) is 12.3. The molecule has 0 aromatic heterocycles. The maximum absolute atomic E-state index is 12.7. The molecular weight excluding hydrogens is 458 g/mol. The van der Waals surface area contributed by atoms with Gasteiger partial charge in [-0.05, 0) is 60.4 Å². The Kier molecular flexibility index (Phi) is 9.20. The molecule has 6 nitrogen and oxygen atoms in total. The van der Waals surface area contributed by atoms with Gasteiger partial charge in [-0.3, -0.25) is 0 Å². The highest BCUT2D eigenvalue weighted by atomic mass is 32.2. The first-order valence-corrected chi connectivity index (χ1v) is 13.5. The summed E-state index contributed by atoms with van der Waals surface area (Å²) >= 11 is 0. The third-order valence-corrected chi connectivity index (χ3v) is 7.54. The van der Waals surface area contributed by atoms with Crippen LogP contribution in [0, 0.1) is 0 Å². The van der Waals surface area contributed by atoms with Crippen molar-refractivity contribution in [3.63, 3.8) is 0 Å². The summed E-state index contributed by atoms with van der Waals surface area (Å²) in [7, 11) is 0.728. The van der Waals surface area contributed by atoms with Crippen LogP contribution in [0.15, 0.2) is 71.6 Å². The Hall–Kier alpha value is -3.45. The number of unbranched alkanes of at least 4 members (excludes halogenated alkanes) is 3. The van der Waals surface area contributed by atoms with Gasteiger partial charge in [0.2, 0.25) is 0 Å². The van der Waals surface area contributed by atoms with Gasteiger partial charge in [-0.2, -0.15) is 0 Å². The normalized spacial score (nSPS) is 11.6. The van der Waals surface area contributed by atoms with Gasteiger partial charge in [0.25, 0.3) is 0 Å². The summed E-state index contributed by atoms with van der Waals surface area (Å²) in [6, 6.07) is 20.5. The van der Waals surface area contributed by atoms with Crippen molar-refractivity contribution in [2.45, 2.75) is 30.6 Å². The fourth-order valence-electron chi connectivity index (χ4n) is 3.59. The van der Waals surface area contributed by atoms with E-state index >= 15 is 0 Å². The number of hydrogen-bond donors (Lipinski definition) is 2. The van der Waals surface area contributed by atoms with Gasteiger partial charge in [-0.1, -0.05) is 49.3 Å². The first-order valence-electron chi connectivity index (χ1n) is 11.8. The molecule has 0 radical (unpaired) electrons. The largest absolute Gasteiger partial charge is 0.491 e. The van der Waals surface area contributed by atoms with Gasteiger partial charge in [-0.25, -0.2) is 8.42 Å². The van der Waals surface area contributed by atoms with E-state index in [-0.39, 0.29) is 5.75 Å². The number of benzene rings is 3. The standard InChI is InChI=1S/C28H35N3O3S/c1-31(2)25-14-9-22(10-15-25)7-8-23-11-16-26(17-12-23)35(32,33)20-6-4-3-5-19-34-28-21-24(29)13-18-27(28)30/h7-18,21H,3-6,19-20,29-30H2,1-2H3/b8-7+. The Labute approximate surface area is 209 Å². The SMILES string of the molecule is CN(C)c1ccc(/C=C/c2ccc(S(=O)(=O)CCCCCCOc3cc(N)ccc3N)cc2)cc1. The predicted octanol–water partition coefficient (Wildman–Crippen LogP) is 5.50. The van der Waals surface area contributed by atoms with Crippen LogP contribution in [0.25, 0.3) is 12.2 Å². The third-order valence-electron chi connectivity index (χ3n) is 5.72. The molecule has 3 aromatic rings. The first kappa shape index (κ1) is 26.2. The molecule has 0 bridgehead atoms. The quantitative estimate of drug-likeness (QED) is 0.196. The van der Waals surface area contributed by atoms with Crippen molar-refractivity contribution in [1.82, 2.24) is 0 Å². The lowest BCUT2D eigenvalue weighted by molar-refractivity contribution is 0.307. The number of anilines is 3. The molecule has 35 heavy (non-hydrogen) atoms. The van der Waals surface area contributed by atoms with Crippen molar-refractivity contribution < 1.29 is 13.2 Å². The van der Waals surface area contributed by atoms with Crippen LogP contribution in [-0.2, 0) is 9.84 Å². The lowest BCUT2D eigenvalue weighted by Gasteiger charge is -2.11. The van der Waals surface area contributed by atoms with Gasteiger partial charge in [0, 0.05) is 31.5 Å². The van der Waals surface area contributed by atoms with Crippen molar-refractivity contribution >= 4 is 39.1 Å². The minimum absolute atomic E-state index is 0.142. The van der Waals surface area contributed by atoms with E-state index in [9.17, 15) is 8.42 Å². The van der Waals surface area contributed by atoms with Gasteiger partial charge in [0.15, 0.2) is 9.84 Å². The summed E-state index contributed by atoms with van der Waals surface area (Å²) in [5.74, 6) is 0.733. The van der Waals surface area contributed by atoms with Crippen molar-refractivity contribution in [1.29, 1.82) is 0 Å². The van der Waals surface area contributed by atoms with Crippen molar-refractivity contribution in [2.24, 2.45) is 0 Å². The zero-order chi connectivity index (χ0) is 25.3. The number of rotatable bonds is 12. The highest BCUT2D eigenvalue weighted by molar-refractivity contribution is 7.91. The van der Waals surface area contributed by atoms with E-state index in [1.54, 1.807) is 30.3 Å². The van der Waals surface area contributed by atoms with Crippen LogP contribution in [0.2, 0.25) is 0 Å². The second-order valence-electron chi connectivity index (χ2n) is 8.77. The lowest BCUT2D eigenvalue weighted by atomic mass is 10.1. The highest BCUT2D eigenvalue weighted by Gasteiger charge is 2.13. The Morgan fingerprint density at radius 1 is 0.800 bits per heavy atom. The summed E-state index contributed by atoms with van der Waals surface area (Å²) < 4.78 is 31.0. The average Bonchev–Trinajstić information content (AvgIpc) is 2.84. The van der Waals surface area contributed by atoms with Gasteiger partial charge < -0.3 is 21.1 Å². The molecule has 0 spiro atoms. The van der Waals surface area contributed by atoms with Gasteiger partial charge in [-0.15, -0.1) is 0 Å². The summed E-state index contributed by atoms with van der Waals surface area (Å²) in [4.78, 5) is 2.42. The molecule has 0 aliphatic heterocycles. The summed E-state index contributed by atoms with van der Waals surface area (Å²) in [5.41, 5.74) is 16.0. The Balaban J connectivity index is 1.41. The minimum Gasteiger partial charge on any atom is -0.491 e. The maximum atomic E-state index is 12.7. The van der Waals surface area contributed by atoms with E-state index in [0.717, 1.165) is 36.1 Å².